The maximum absolute atomic E-state index is 13.2. The van der Waals surface area contributed by atoms with Crippen LogP contribution < -0.4 is 11.3 Å². The Bertz CT molecular complexity index is 273. The molecule has 0 saturated carbocycles. The van der Waals surface area contributed by atoms with Gasteiger partial charge in [0.15, 0.2) is 0 Å². The van der Waals surface area contributed by atoms with Crippen LogP contribution in [0, 0.1) is 12.7 Å². The fourth-order valence-electron chi connectivity index (χ4n) is 1.07. The Kier molecular flexibility index (Phi) is 2.78. The highest BCUT2D eigenvalue weighted by Crippen LogP contribution is 2.16. The number of hydrazine groups is 1. The van der Waals surface area contributed by atoms with E-state index in [2.05, 4.69) is 5.43 Å². The Balaban J connectivity index is 3.01. The molecule has 0 fully saturated rings. The minimum absolute atomic E-state index is 0.148. The molecule has 3 N–H and O–H groups in total. The lowest BCUT2D eigenvalue weighted by Crippen LogP contribution is -2.26. The van der Waals surface area contributed by atoms with E-state index in [1.165, 1.54) is 6.07 Å². The average molecular weight is 168 g/mol. The van der Waals surface area contributed by atoms with E-state index in [4.69, 9.17) is 5.84 Å². The molecule has 1 atom stereocenters. The topological polar surface area (TPSA) is 38.0 Å². The second-order valence-electron chi connectivity index (χ2n) is 2.91. The summed E-state index contributed by atoms with van der Waals surface area (Å²) in [5, 5.41) is 0. The van der Waals surface area contributed by atoms with E-state index in [9.17, 15) is 4.39 Å². The molecule has 0 heterocycles. The Hall–Kier alpha value is -0.930. The molecule has 0 aliphatic heterocycles. The van der Waals surface area contributed by atoms with Crippen LogP contribution in [0.5, 0.6) is 0 Å². The van der Waals surface area contributed by atoms with Gasteiger partial charge < -0.3 is 0 Å². The van der Waals surface area contributed by atoms with Gasteiger partial charge in [0.1, 0.15) is 5.82 Å². The van der Waals surface area contributed by atoms with Gasteiger partial charge >= 0.3 is 0 Å². The summed E-state index contributed by atoms with van der Waals surface area (Å²) in [6, 6.07) is 4.97. The Labute approximate surface area is 71.6 Å². The van der Waals surface area contributed by atoms with E-state index in [0.717, 1.165) is 5.56 Å². The summed E-state index contributed by atoms with van der Waals surface area (Å²) in [6.45, 7) is 3.67. The molecule has 66 valence electrons. The zero-order valence-electron chi connectivity index (χ0n) is 7.26. The van der Waals surface area contributed by atoms with E-state index in [-0.39, 0.29) is 11.9 Å². The molecule has 2 nitrogen and oxygen atoms in total. The van der Waals surface area contributed by atoms with Crippen molar-refractivity contribution in [1.82, 2.24) is 5.43 Å². The zero-order valence-corrected chi connectivity index (χ0v) is 7.26. The number of rotatable bonds is 2. The van der Waals surface area contributed by atoms with Crippen molar-refractivity contribution in [1.29, 1.82) is 0 Å². The molecule has 1 rings (SSSR count). The first kappa shape index (κ1) is 9.16. The molecule has 0 spiro atoms. The lowest BCUT2D eigenvalue weighted by atomic mass is 10.1. The van der Waals surface area contributed by atoms with Gasteiger partial charge in [0.2, 0.25) is 0 Å². The van der Waals surface area contributed by atoms with E-state index in [1.54, 1.807) is 6.07 Å². The van der Waals surface area contributed by atoms with Gasteiger partial charge in [0.25, 0.3) is 0 Å². The maximum Gasteiger partial charge on any atom is 0.128 e. The van der Waals surface area contributed by atoms with Crippen molar-refractivity contribution in [2.24, 2.45) is 5.84 Å². The smallest absolute Gasteiger partial charge is 0.128 e. The molecule has 0 aromatic heterocycles. The van der Waals surface area contributed by atoms with Crippen LogP contribution in [0.1, 0.15) is 24.1 Å². The summed E-state index contributed by atoms with van der Waals surface area (Å²) < 4.78 is 13.2. The summed E-state index contributed by atoms with van der Waals surface area (Å²) in [4.78, 5) is 0. The predicted molar refractivity (Wildman–Crippen MR) is 46.9 cm³/mol. The van der Waals surface area contributed by atoms with Gasteiger partial charge in [-0.25, -0.2) is 4.39 Å². The van der Waals surface area contributed by atoms with Crippen LogP contribution in [-0.4, -0.2) is 0 Å². The highest BCUT2D eigenvalue weighted by Gasteiger charge is 2.07. The average Bonchev–Trinajstić information content (AvgIpc) is 2.03. The standard InChI is InChI=1S/C9H13FN2/c1-6-3-4-8(7(2)12-11)9(10)5-6/h3-5,7,12H,11H2,1-2H3. The molecule has 0 amide bonds. The first-order valence-corrected chi connectivity index (χ1v) is 3.87. The number of hydrogen-bond acceptors (Lipinski definition) is 2. The van der Waals surface area contributed by atoms with Gasteiger partial charge in [-0.2, -0.15) is 0 Å². The first-order valence-electron chi connectivity index (χ1n) is 3.87. The van der Waals surface area contributed by atoms with Crippen LogP contribution in [0.4, 0.5) is 4.39 Å². The molecule has 1 aromatic carbocycles. The number of aryl methyl sites for hydroxylation is 1. The Morgan fingerprint density at radius 2 is 2.17 bits per heavy atom. The van der Waals surface area contributed by atoms with Crippen LogP contribution in [-0.2, 0) is 0 Å². The van der Waals surface area contributed by atoms with Gasteiger partial charge in [-0.15, -0.1) is 0 Å². The summed E-state index contributed by atoms with van der Waals surface area (Å²) in [7, 11) is 0. The Morgan fingerprint density at radius 3 is 2.67 bits per heavy atom. The van der Waals surface area contributed by atoms with Crippen LogP contribution in [0.3, 0.4) is 0 Å². The molecular formula is C9H13FN2. The summed E-state index contributed by atoms with van der Waals surface area (Å²) in [5.74, 6) is 4.99. The Morgan fingerprint density at radius 1 is 1.50 bits per heavy atom. The van der Waals surface area contributed by atoms with E-state index < -0.39 is 0 Å². The lowest BCUT2D eigenvalue weighted by molar-refractivity contribution is 0.541. The second-order valence-corrected chi connectivity index (χ2v) is 2.91. The van der Waals surface area contributed by atoms with E-state index in [1.807, 2.05) is 19.9 Å². The summed E-state index contributed by atoms with van der Waals surface area (Å²) in [6.07, 6.45) is 0. The predicted octanol–water partition coefficient (Wildman–Crippen LogP) is 1.66. The third kappa shape index (κ3) is 1.81. The molecule has 1 aromatic rings. The molecule has 12 heavy (non-hydrogen) atoms. The number of nitrogens with two attached hydrogens (primary N) is 1. The molecule has 0 radical (unpaired) electrons. The number of hydrogen-bond donors (Lipinski definition) is 2. The lowest BCUT2D eigenvalue weighted by Gasteiger charge is -2.11. The minimum Gasteiger partial charge on any atom is -0.271 e. The third-order valence-corrected chi connectivity index (χ3v) is 1.87. The van der Waals surface area contributed by atoms with Crippen LogP contribution in [0.25, 0.3) is 0 Å². The van der Waals surface area contributed by atoms with Crippen molar-refractivity contribution in [3.05, 3.63) is 35.1 Å². The highest BCUT2D eigenvalue weighted by molar-refractivity contribution is 5.25. The van der Waals surface area contributed by atoms with Crippen molar-refractivity contribution in [2.45, 2.75) is 19.9 Å². The monoisotopic (exact) mass is 168 g/mol. The van der Waals surface area contributed by atoms with Crippen molar-refractivity contribution in [3.63, 3.8) is 0 Å². The van der Waals surface area contributed by atoms with Crippen molar-refractivity contribution < 1.29 is 4.39 Å². The molecule has 1 unspecified atom stereocenters. The van der Waals surface area contributed by atoms with E-state index in [0.29, 0.717) is 5.56 Å². The zero-order chi connectivity index (χ0) is 9.14. The van der Waals surface area contributed by atoms with Gasteiger partial charge in [-0.3, -0.25) is 11.3 Å². The third-order valence-electron chi connectivity index (χ3n) is 1.87. The maximum atomic E-state index is 13.2. The molecule has 3 heteroatoms. The number of halogens is 1. The number of benzene rings is 1. The van der Waals surface area contributed by atoms with Gasteiger partial charge in [-0.05, 0) is 25.5 Å². The molecular weight excluding hydrogens is 155 g/mol. The van der Waals surface area contributed by atoms with E-state index >= 15 is 0 Å². The first-order chi connectivity index (χ1) is 5.65. The fourth-order valence-corrected chi connectivity index (χ4v) is 1.07. The van der Waals surface area contributed by atoms with Crippen LogP contribution in [0.15, 0.2) is 18.2 Å². The minimum atomic E-state index is -0.208. The highest BCUT2D eigenvalue weighted by atomic mass is 19.1. The number of nitrogens with one attached hydrogen (secondary N) is 1. The molecule has 0 saturated heterocycles. The quantitative estimate of drug-likeness (QED) is 0.520. The molecule has 0 aliphatic rings. The normalized spacial score (nSPS) is 13.0. The van der Waals surface area contributed by atoms with Crippen molar-refractivity contribution >= 4 is 0 Å². The van der Waals surface area contributed by atoms with Crippen LogP contribution in [0.2, 0.25) is 0 Å². The van der Waals surface area contributed by atoms with Gasteiger partial charge in [0.05, 0.1) is 0 Å². The SMILES string of the molecule is Cc1ccc(C(C)NN)c(F)c1. The second kappa shape index (κ2) is 3.65. The largest absolute Gasteiger partial charge is 0.271 e. The van der Waals surface area contributed by atoms with Gasteiger partial charge in [-0.1, -0.05) is 12.1 Å². The van der Waals surface area contributed by atoms with Crippen molar-refractivity contribution in [2.75, 3.05) is 0 Å². The summed E-state index contributed by atoms with van der Waals surface area (Å²) >= 11 is 0. The van der Waals surface area contributed by atoms with Crippen LogP contribution >= 0.6 is 0 Å². The molecule has 0 bridgehead atoms. The fraction of sp³-hybridized carbons (Fsp3) is 0.333. The van der Waals surface area contributed by atoms with Crippen molar-refractivity contribution in [3.8, 4) is 0 Å². The molecule has 0 aliphatic carbocycles. The van der Waals surface area contributed by atoms with Gasteiger partial charge in [0, 0.05) is 11.6 Å². The summed E-state index contributed by atoms with van der Waals surface area (Å²) in [5.41, 5.74) is 4.02.